The van der Waals surface area contributed by atoms with Crippen LogP contribution in [0.1, 0.15) is 53.0 Å². The Kier molecular flexibility index (Phi) is 3.91. The average molecular weight is 276 g/mol. The lowest BCUT2D eigenvalue weighted by molar-refractivity contribution is 0.00578. The first-order valence-electron chi connectivity index (χ1n) is 7.21. The van der Waals surface area contributed by atoms with Gasteiger partial charge < -0.3 is 14.0 Å². The highest BCUT2D eigenvalue weighted by molar-refractivity contribution is 6.63. The van der Waals surface area contributed by atoms with Gasteiger partial charge in [0.25, 0.3) is 0 Å². The predicted molar refractivity (Wildman–Crippen MR) is 82.8 cm³/mol. The second-order valence-electron chi connectivity index (χ2n) is 6.74. The number of benzene rings is 1. The molecule has 1 saturated heterocycles. The van der Waals surface area contributed by atoms with Crippen molar-refractivity contribution in [1.82, 2.24) is 0 Å². The molecule has 1 fully saturated rings. The maximum Gasteiger partial charge on any atom is 0.498 e. The Morgan fingerprint density at radius 3 is 2.05 bits per heavy atom. The highest BCUT2D eigenvalue weighted by atomic mass is 16.7. The largest absolute Gasteiger partial charge is 0.498 e. The van der Waals surface area contributed by atoms with Gasteiger partial charge in [0.2, 0.25) is 0 Å². The fourth-order valence-electron chi connectivity index (χ4n) is 2.27. The molecule has 2 rings (SSSR count). The van der Waals surface area contributed by atoms with Crippen LogP contribution in [0.2, 0.25) is 0 Å². The van der Waals surface area contributed by atoms with E-state index in [-0.39, 0.29) is 18.3 Å². The lowest BCUT2D eigenvalue weighted by Crippen LogP contribution is -2.41. The van der Waals surface area contributed by atoms with Gasteiger partial charge in [0.15, 0.2) is 0 Å². The Balaban J connectivity index is 2.40. The predicted octanol–water partition coefficient (Wildman–Crippen LogP) is 3.12. The number of hydrogen-bond acceptors (Lipinski definition) is 3. The number of rotatable bonds is 3. The smallest absolute Gasteiger partial charge is 0.497 e. The molecular weight excluding hydrogens is 251 g/mol. The standard InChI is InChI=1S/C16H25BO3/c1-11(2)12-8-9-14(18-7)13(10-12)17-19-15(3,4)16(5,6)20-17/h8-11H,1-7H3. The third-order valence-electron chi connectivity index (χ3n) is 4.43. The first kappa shape index (κ1) is 15.4. The summed E-state index contributed by atoms with van der Waals surface area (Å²) in [4.78, 5) is 0. The molecule has 0 N–H and O–H groups in total. The second-order valence-corrected chi connectivity index (χ2v) is 6.74. The van der Waals surface area contributed by atoms with Gasteiger partial charge in [-0.15, -0.1) is 0 Å². The molecule has 1 heterocycles. The van der Waals surface area contributed by atoms with Crippen LogP contribution in [0.3, 0.4) is 0 Å². The molecule has 0 spiro atoms. The molecule has 0 aliphatic carbocycles. The second kappa shape index (κ2) is 5.08. The van der Waals surface area contributed by atoms with E-state index in [1.807, 2.05) is 6.07 Å². The van der Waals surface area contributed by atoms with Gasteiger partial charge in [0, 0.05) is 5.46 Å². The summed E-state index contributed by atoms with van der Waals surface area (Å²) >= 11 is 0. The van der Waals surface area contributed by atoms with Crippen LogP contribution in [-0.4, -0.2) is 25.4 Å². The summed E-state index contributed by atoms with van der Waals surface area (Å²) in [5.41, 5.74) is 1.56. The third-order valence-corrected chi connectivity index (χ3v) is 4.43. The summed E-state index contributed by atoms with van der Waals surface area (Å²) in [5, 5.41) is 0. The Morgan fingerprint density at radius 1 is 1.05 bits per heavy atom. The molecule has 1 aromatic rings. The molecule has 4 heteroatoms. The molecular formula is C16H25BO3. The first-order valence-corrected chi connectivity index (χ1v) is 7.21. The highest BCUT2D eigenvalue weighted by Crippen LogP contribution is 2.37. The van der Waals surface area contributed by atoms with Crippen LogP contribution in [0.4, 0.5) is 0 Å². The zero-order chi connectivity index (χ0) is 15.1. The van der Waals surface area contributed by atoms with E-state index in [9.17, 15) is 0 Å². The van der Waals surface area contributed by atoms with Crippen LogP contribution in [0.15, 0.2) is 18.2 Å². The molecule has 0 unspecified atom stereocenters. The van der Waals surface area contributed by atoms with Crippen molar-refractivity contribution in [3.63, 3.8) is 0 Å². The van der Waals surface area contributed by atoms with E-state index >= 15 is 0 Å². The van der Waals surface area contributed by atoms with E-state index in [1.165, 1.54) is 5.56 Å². The van der Waals surface area contributed by atoms with Crippen molar-refractivity contribution >= 4 is 12.6 Å². The van der Waals surface area contributed by atoms with Crippen molar-refractivity contribution in [3.8, 4) is 5.75 Å². The van der Waals surface area contributed by atoms with Crippen LogP contribution in [0.25, 0.3) is 0 Å². The Bertz CT molecular complexity index is 478. The third kappa shape index (κ3) is 2.59. The van der Waals surface area contributed by atoms with Crippen molar-refractivity contribution in [2.75, 3.05) is 7.11 Å². The molecule has 0 saturated carbocycles. The molecule has 0 atom stereocenters. The van der Waals surface area contributed by atoms with Gasteiger partial charge in [-0.1, -0.05) is 26.0 Å². The van der Waals surface area contributed by atoms with Gasteiger partial charge in [-0.05, 0) is 45.2 Å². The van der Waals surface area contributed by atoms with Crippen molar-refractivity contribution in [2.45, 2.75) is 58.7 Å². The van der Waals surface area contributed by atoms with Crippen LogP contribution >= 0.6 is 0 Å². The van der Waals surface area contributed by atoms with Gasteiger partial charge in [-0.25, -0.2) is 0 Å². The first-order chi connectivity index (χ1) is 9.18. The number of methoxy groups -OCH3 is 1. The van der Waals surface area contributed by atoms with Crippen LogP contribution in [-0.2, 0) is 9.31 Å². The minimum absolute atomic E-state index is 0.337. The molecule has 0 radical (unpaired) electrons. The van der Waals surface area contributed by atoms with E-state index in [1.54, 1.807) is 7.11 Å². The Hall–Kier alpha value is -0.995. The molecule has 3 nitrogen and oxygen atoms in total. The van der Waals surface area contributed by atoms with Crippen molar-refractivity contribution in [3.05, 3.63) is 23.8 Å². The van der Waals surface area contributed by atoms with E-state index in [2.05, 4.69) is 53.7 Å². The van der Waals surface area contributed by atoms with E-state index in [0.29, 0.717) is 5.92 Å². The van der Waals surface area contributed by atoms with E-state index in [4.69, 9.17) is 14.0 Å². The summed E-state index contributed by atoms with van der Waals surface area (Å²) in [5.74, 6) is 1.27. The van der Waals surface area contributed by atoms with E-state index < -0.39 is 0 Å². The lowest BCUT2D eigenvalue weighted by Gasteiger charge is -2.32. The Morgan fingerprint density at radius 2 is 1.60 bits per heavy atom. The van der Waals surface area contributed by atoms with Gasteiger partial charge in [0.05, 0.1) is 18.3 Å². The maximum absolute atomic E-state index is 6.13. The lowest BCUT2D eigenvalue weighted by atomic mass is 9.76. The normalized spacial score (nSPS) is 20.5. The zero-order valence-electron chi connectivity index (χ0n) is 13.6. The molecule has 0 aromatic heterocycles. The van der Waals surface area contributed by atoms with Crippen molar-refractivity contribution < 1.29 is 14.0 Å². The number of ether oxygens (including phenoxy) is 1. The number of hydrogen-bond donors (Lipinski definition) is 0. The van der Waals surface area contributed by atoms with Crippen LogP contribution in [0.5, 0.6) is 5.75 Å². The minimum Gasteiger partial charge on any atom is -0.497 e. The molecule has 1 aliphatic rings. The van der Waals surface area contributed by atoms with Crippen molar-refractivity contribution in [1.29, 1.82) is 0 Å². The summed E-state index contributed by atoms with van der Waals surface area (Å²) in [6, 6.07) is 6.22. The molecule has 20 heavy (non-hydrogen) atoms. The summed E-state index contributed by atoms with van der Waals surface area (Å²) in [6.07, 6.45) is 0. The van der Waals surface area contributed by atoms with Gasteiger partial charge in [-0.3, -0.25) is 0 Å². The van der Waals surface area contributed by atoms with Crippen LogP contribution < -0.4 is 10.2 Å². The molecule has 0 bridgehead atoms. The molecule has 0 amide bonds. The SMILES string of the molecule is COc1ccc(C(C)C)cc1B1OC(C)(C)C(C)(C)O1. The monoisotopic (exact) mass is 276 g/mol. The minimum atomic E-state index is -0.381. The summed E-state index contributed by atoms with van der Waals surface area (Å²) < 4.78 is 17.7. The Labute approximate surface area is 122 Å². The van der Waals surface area contributed by atoms with Crippen LogP contribution in [0, 0.1) is 0 Å². The summed E-state index contributed by atoms with van der Waals surface area (Å²) in [7, 11) is 1.30. The highest BCUT2D eigenvalue weighted by Gasteiger charge is 2.52. The average Bonchev–Trinajstić information content (AvgIpc) is 2.57. The topological polar surface area (TPSA) is 27.7 Å². The van der Waals surface area contributed by atoms with E-state index in [0.717, 1.165) is 11.2 Å². The fourth-order valence-corrected chi connectivity index (χ4v) is 2.27. The molecule has 110 valence electrons. The van der Waals surface area contributed by atoms with Gasteiger partial charge in [0.1, 0.15) is 5.75 Å². The van der Waals surface area contributed by atoms with Gasteiger partial charge in [-0.2, -0.15) is 0 Å². The fraction of sp³-hybridized carbons (Fsp3) is 0.625. The quantitative estimate of drug-likeness (QED) is 0.794. The van der Waals surface area contributed by atoms with Crippen molar-refractivity contribution in [2.24, 2.45) is 0 Å². The summed E-state index contributed by atoms with van der Waals surface area (Å²) in [6.45, 7) is 12.6. The maximum atomic E-state index is 6.13. The molecule has 1 aliphatic heterocycles. The molecule has 1 aromatic carbocycles. The van der Waals surface area contributed by atoms with Gasteiger partial charge >= 0.3 is 7.12 Å². The zero-order valence-corrected chi connectivity index (χ0v) is 13.6.